The van der Waals surface area contributed by atoms with Crippen molar-refractivity contribution in [2.24, 2.45) is 5.10 Å². The molecule has 0 radical (unpaired) electrons. The summed E-state index contributed by atoms with van der Waals surface area (Å²) < 4.78 is 0. The van der Waals surface area contributed by atoms with Gasteiger partial charge < -0.3 is 0 Å². The van der Waals surface area contributed by atoms with Crippen molar-refractivity contribution < 1.29 is 4.79 Å². The van der Waals surface area contributed by atoms with Crippen molar-refractivity contribution in [3.8, 4) is 0 Å². The van der Waals surface area contributed by atoms with E-state index in [4.69, 9.17) is 0 Å². The molecule has 0 atom stereocenters. The molecule has 0 saturated heterocycles. The Morgan fingerprint density at radius 2 is 1.25 bits per heavy atom. The molecule has 0 aliphatic carbocycles. The number of benzene rings is 3. The summed E-state index contributed by atoms with van der Waals surface area (Å²) in [6.45, 7) is 2.26. The Kier molecular flexibility index (Phi) is 10.2. The summed E-state index contributed by atoms with van der Waals surface area (Å²) in [6.07, 6.45) is 16.5. The zero-order valence-electron chi connectivity index (χ0n) is 19.6. The molecular weight excluding hydrogens is 392 g/mol. The summed E-state index contributed by atoms with van der Waals surface area (Å²) in [5.41, 5.74) is 3.78. The van der Waals surface area contributed by atoms with E-state index in [1.54, 1.807) is 6.21 Å². The third kappa shape index (κ3) is 7.47. The molecular formula is C29H38N2O. The minimum absolute atomic E-state index is 0.00159. The Balaban J connectivity index is 1.39. The van der Waals surface area contributed by atoms with Crippen LogP contribution in [0.4, 0.5) is 0 Å². The topological polar surface area (TPSA) is 41.5 Å². The van der Waals surface area contributed by atoms with E-state index in [9.17, 15) is 4.79 Å². The maximum atomic E-state index is 12.2. The molecule has 3 aromatic rings. The maximum Gasteiger partial charge on any atom is 0.240 e. The number of hydrogen-bond donors (Lipinski definition) is 1. The van der Waals surface area contributed by atoms with Crippen LogP contribution in [0.3, 0.4) is 0 Å². The lowest BCUT2D eigenvalue weighted by Gasteiger charge is -2.08. The van der Waals surface area contributed by atoms with Gasteiger partial charge in [0.25, 0.3) is 0 Å². The molecule has 0 aromatic heterocycles. The van der Waals surface area contributed by atoms with E-state index >= 15 is 0 Å². The quantitative estimate of drug-likeness (QED) is 0.119. The lowest BCUT2D eigenvalue weighted by Crippen LogP contribution is -2.16. The maximum absolute atomic E-state index is 12.2. The molecule has 0 heterocycles. The van der Waals surface area contributed by atoms with E-state index in [1.165, 1.54) is 68.6 Å². The van der Waals surface area contributed by atoms with Gasteiger partial charge in [-0.2, -0.15) is 5.10 Å². The van der Waals surface area contributed by atoms with Crippen molar-refractivity contribution in [1.82, 2.24) is 5.43 Å². The number of carbonyl (C=O) groups excluding carboxylic acids is 1. The SMILES string of the molecule is CCCCCCCCCCCCCC(=O)N/N=C/c1c2ccccc2cc2ccccc12. The smallest absolute Gasteiger partial charge is 0.240 e. The van der Waals surface area contributed by atoms with Gasteiger partial charge in [-0.15, -0.1) is 0 Å². The van der Waals surface area contributed by atoms with Crippen LogP contribution in [0.2, 0.25) is 0 Å². The van der Waals surface area contributed by atoms with Crippen LogP contribution in [-0.2, 0) is 4.79 Å². The standard InChI is InChI=1S/C29H38N2O/c1-2-3-4-5-6-7-8-9-10-11-12-21-29(32)31-30-23-28-26-19-15-13-17-24(26)22-25-18-14-16-20-27(25)28/h13-20,22-23H,2-12,21H2,1H3,(H,31,32)/b30-23+. The molecule has 0 spiro atoms. The first kappa shape index (κ1) is 24.0. The second-order valence-corrected chi connectivity index (χ2v) is 8.81. The van der Waals surface area contributed by atoms with E-state index in [0.29, 0.717) is 6.42 Å². The number of carbonyl (C=O) groups is 1. The van der Waals surface area contributed by atoms with Crippen LogP contribution < -0.4 is 5.43 Å². The van der Waals surface area contributed by atoms with Gasteiger partial charge in [-0.05, 0) is 34.0 Å². The second kappa shape index (κ2) is 13.7. The van der Waals surface area contributed by atoms with Crippen molar-refractivity contribution >= 4 is 33.7 Å². The minimum atomic E-state index is 0.00159. The lowest BCUT2D eigenvalue weighted by molar-refractivity contribution is -0.121. The molecule has 0 unspecified atom stereocenters. The van der Waals surface area contributed by atoms with Gasteiger partial charge in [-0.3, -0.25) is 4.79 Å². The van der Waals surface area contributed by atoms with Gasteiger partial charge in [-0.1, -0.05) is 120 Å². The molecule has 0 fully saturated rings. The van der Waals surface area contributed by atoms with Gasteiger partial charge in [0.1, 0.15) is 0 Å². The number of hydrogen-bond acceptors (Lipinski definition) is 2. The molecule has 0 aliphatic heterocycles. The highest BCUT2D eigenvalue weighted by Crippen LogP contribution is 2.27. The van der Waals surface area contributed by atoms with E-state index < -0.39 is 0 Å². The Morgan fingerprint density at radius 3 is 1.81 bits per heavy atom. The number of nitrogens with one attached hydrogen (secondary N) is 1. The first-order chi connectivity index (χ1) is 15.8. The van der Waals surface area contributed by atoms with E-state index in [-0.39, 0.29) is 5.91 Å². The molecule has 0 bridgehead atoms. The van der Waals surface area contributed by atoms with E-state index in [0.717, 1.165) is 29.2 Å². The van der Waals surface area contributed by atoms with E-state index in [1.807, 2.05) is 24.3 Å². The zero-order chi connectivity index (χ0) is 22.4. The third-order valence-electron chi connectivity index (χ3n) is 6.20. The molecule has 32 heavy (non-hydrogen) atoms. The first-order valence-electron chi connectivity index (χ1n) is 12.5. The highest BCUT2D eigenvalue weighted by molar-refractivity contribution is 6.13. The molecule has 0 saturated carbocycles. The van der Waals surface area contributed by atoms with Crippen LogP contribution in [0, 0.1) is 0 Å². The fourth-order valence-corrected chi connectivity index (χ4v) is 4.36. The predicted molar refractivity (Wildman–Crippen MR) is 138 cm³/mol. The van der Waals surface area contributed by atoms with Gasteiger partial charge in [0.15, 0.2) is 0 Å². The average Bonchev–Trinajstić information content (AvgIpc) is 2.82. The summed E-state index contributed by atoms with van der Waals surface area (Å²) in [4.78, 5) is 12.2. The minimum Gasteiger partial charge on any atom is -0.273 e. The van der Waals surface area contributed by atoms with Crippen molar-refractivity contribution in [3.05, 3.63) is 60.2 Å². The van der Waals surface area contributed by atoms with Crippen LogP contribution in [0.5, 0.6) is 0 Å². The summed E-state index contributed by atoms with van der Waals surface area (Å²) in [6, 6.07) is 18.8. The predicted octanol–water partition coefficient (Wildman–Crippen LogP) is 8.14. The van der Waals surface area contributed by atoms with Gasteiger partial charge in [-0.25, -0.2) is 5.43 Å². The number of fused-ring (bicyclic) bond motifs is 2. The number of hydrazone groups is 1. The molecule has 3 aromatic carbocycles. The molecule has 170 valence electrons. The van der Waals surface area contributed by atoms with Crippen molar-refractivity contribution in [2.45, 2.75) is 84.0 Å². The van der Waals surface area contributed by atoms with Crippen LogP contribution in [0.25, 0.3) is 21.5 Å². The number of nitrogens with zero attached hydrogens (tertiary/aromatic N) is 1. The Labute approximate surface area is 193 Å². The molecule has 3 rings (SSSR count). The molecule has 0 aliphatic rings. The Morgan fingerprint density at radius 1 is 0.750 bits per heavy atom. The fraction of sp³-hybridized carbons (Fsp3) is 0.448. The van der Waals surface area contributed by atoms with E-state index in [2.05, 4.69) is 47.8 Å². The first-order valence-corrected chi connectivity index (χ1v) is 12.5. The summed E-state index contributed by atoms with van der Waals surface area (Å²) in [5, 5.41) is 8.94. The van der Waals surface area contributed by atoms with Crippen LogP contribution >= 0.6 is 0 Å². The summed E-state index contributed by atoms with van der Waals surface area (Å²) in [7, 11) is 0. The average molecular weight is 431 g/mol. The molecule has 3 nitrogen and oxygen atoms in total. The van der Waals surface area contributed by atoms with Crippen molar-refractivity contribution in [3.63, 3.8) is 0 Å². The van der Waals surface area contributed by atoms with Gasteiger partial charge in [0.05, 0.1) is 6.21 Å². The van der Waals surface area contributed by atoms with Gasteiger partial charge >= 0.3 is 0 Å². The second-order valence-electron chi connectivity index (χ2n) is 8.81. The summed E-state index contributed by atoms with van der Waals surface area (Å²) in [5.74, 6) is 0.00159. The third-order valence-corrected chi connectivity index (χ3v) is 6.20. The summed E-state index contributed by atoms with van der Waals surface area (Å²) >= 11 is 0. The molecule has 1 N–H and O–H groups in total. The van der Waals surface area contributed by atoms with Gasteiger partial charge in [0, 0.05) is 12.0 Å². The zero-order valence-corrected chi connectivity index (χ0v) is 19.6. The molecule has 3 heteroatoms. The Hall–Kier alpha value is -2.68. The highest BCUT2D eigenvalue weighted by atomic mass is 16.2. The number of unbranched alkanes of at least 4 members (excludes halogenated alkanes) is 10. The van der Waals surface area contributed by atoms with Gasteiger partial charge in [0.2, 0.25) is 5.91 Å². The van der Waals surface area contributed by atoms with Crippen LogP contribution in [0.1, 0.15) is 89.5 Å². The normalized spacial score (nSPS) is 11.5. The Bertz CT molecular complexity index is 954. The largest absolute Gasteiger partial charge is 0.273 e. The lowest BCUT2D eigenvalue weighted by atomic mass is 9.97. The fourth-order valence-electron chi connectivity index (χ4n) is 4.36. The van der Waals surface area contributed by atoms with Crippen LogP contribution in [0.15, 0.2) is 59.7 Å². The number of amides is 1. The van der Waals surface area contributed by atoms with Crippen molar-refractivity contribution in [1.29, 1.82) is 0 Å². The van der Waals surface area contributed by atoms with Crippen LogP contribution in [-0.4, -0.2) is 12.1 Å². The highest BCUT2D eigenvalue weighted by Gasteiger charge is 2.06. The monoisotopic (exact) mass is 430 g/mol. The number of rotatable bonds is 14. The molecule has 1 amide bonds. The van der Waals surface area contributed by atoms with Crippen molar-refractivity contribution in [2.75, 3.05) is 0 Å².